The number of nitrogens with zero attached hydrogens (tertiary/aromatic N) is 3. The van der Waals surface area contributed by atoms with Crippen LogP contribution in [0.5, 0.6) is 0 Å². The van der Waals surface area contributed by atoms with Crippen molar-refractivity contribution in [2.75, 3.05) is 0 Å². The summed E-state index contributed by atoms with van der Waals surface area (Å²) in [7, 11) is 0. The topological polar surface area (TPSA) is 88.9 Å². The fourth-order valence-electron chi connectivity index (χ4n) is 6.47. The Morgan fingerprint density at radius 1 is 1.21 bits per heavy atom. The van der Waals surface area contributed by atoms with Gasteiger partial charge >= 0.3 is 6.03 Å². The number of urea groups is 1. The van der Waals surface area contributed by atoms with Gasteiger partial charge < -0.3 is 5.32 Å². The molecule has 3 amide bonds. The zero-order valence-corrected chi connectivity index (χ0v) is 20.1. The number of nitrogens with one attached hydrogen (secondary N) is 2. The van der Waals surface area contributed by atoms with E-state index in [2.05, 4.69) is 27.4 Å². The maximum atomic E-state index is 14.3. The number of aromatic nitrogens is 3. The van der Waals surface area contributed by atoms with Crippen LogP contribution in [0.4, 0.5) is 9.18 Å². The number of carbonyl (C=O) groups is 2. The Morgan fingerprint density at radius 3 is 2.47 bits per heavy atom. The van der Waals surface area contributed by atoms with Gasteiger partial charge in [0.15, 0.2) is 11.0 Å². The van der Waals surface area contributed by atoms with Crippen LogP contribution in [0.2, 0.25) is 0 Å². The molecule has 4 saturated carbocycles. The third-order valence-corrected chi connectivity index (χ3v) is 8.53. The summed E-state index contributed by atoms with van der Waals surface area (Å²) in [6.07, 6.45) is 8.60. The van der Waals surface area contributed by atoms with Crippen LogP contribution in [0, 0.1) is 23.6 Å². The Bertz CT molecular complexity index is 1080. The number of amides is 3. The summed E-state index contributed by atoms with van der Waals surface area (Å²) in [5.74, 6) is 1.69. The monoisotopic (exact) mass is 483 g/mol. The lowest BCUT2D eigenvalue weighted by atomic mass is 9.53. The van der Waals surface area contributed by atoms with Crippen LogP contribution in [-0.4, -0.2) is 37.5 Å². The summed E-state index contributed by atoms with van der Waals surface area (Å²) in [6, 6.07) is 5.94. The fourth-order valence-corrected chi connectivity index (χ4v) is 7.33. The van der Waals surface area contributed by atoms with E-state index in [0.717, 1.165) is 19.3 Å². The number of hydrogen-bond acceptors (Lipinski definition) is 5. The molecule has 0 aliphatic heterocycles. The molecule has 1 aromatic carbocycles. The van der Waals surface area contributed by atoms with Crippen LogP contribution in [0.3, 0.4) is 0 Å². The first kappa shape index (κ1) is 23.1. The largest absolute Gasteiger partial charge is 0.332 e. The van der Waals surface area contributed by atoms with Gasteiger partial charge in [-0.15, -0.1) is 16.8 Å². The van der Waals surface area contributed by atoms with Gasteiger partial charge in [0.05, 0.1) is 10.8 Å². The minimum atomic E-state index is -0.594. The molecule has 4 fully saturated rings. The molecular weight excluding hydrogens is 453 g/mol. The maximum absolute atomic E-state index is 14.3. The first-order chi connectivity index (χ1) is 16.4. The predicted molar refractivity (Wildman–Crippen MR) is 129 cm³/mol. The Morgan fingerprint density at radius 2 is 1.85 bits per heavy atom. The minimum absolute atomic E-state index is 0.158. The first-order valence-corrected chi connectivity index (χ1v) is 12.8. The molecule has 0 radical (unpaired) electrons. The Kier molecular flexibility index (Phi) is 6.22. The van der Waals surface area contributed by atoms with E-state index >= 15 is 0 Å². The number of rotatable bonds is 7. The molecule has 1 unspecified atom stereocenters. The highest BCUT2D eigenvalue weighted by molar-refractivity contribution is 8.00. The van der Waals surface area contributed by atoms with Gasteiger partial charge in [0, 0.05) is 12.1 Å². The van der Waals surface area contributed by atoms with Gasteiger partial charge in [0.1, 0.15) is 5.82 Å². The van der Waals surface area contributed by atoms with Crippen molar-refractivity contribution in [3.63, 3.8) is 0 Å². The smallest absolute Gasteiger partial charge is 0.321 e. The molecule has 34 heavy (non-hydrogen) atoms. The number of halogens is 1. The van der Waals surface area contributed by atoms with E-state index in [-0.39, 0.29) is 5.54 Å². The molecule has 2 N–H and O–H groups in total. The molecule has 0 saturated heterocycles. The molecule has 4 aliphatic rings. The van der Waals surface area contributed by atoms with E-state index in [1.54, 1.807) is 35.8 Å². The van der Waals surface area contributed by atoms with Crippen molar-refractivity contribution in [3.05, 3.63) is 42.7 Å². The zero-order chi connectivity index (χ0) is 23.9. The normalized spacial score (nSPS) is 27.9. The summed E-state index contributed by atoms with van der Waals surface area (Å²) in [6.45, 7) is 5.84. The lowest BCUT2D eigenvalue weighted by Crippen LogP contribution is -2.62. The molecule has 2 aromatic rings. The van der Waals surface area contributed by atoms with Crippen LogP contribution < -0.4 is 10.6 Å². The van der Waals surface area contributed by atoms with Crippen molar-refractivity contribution in [2.45, 2.75) is 67.9 Å². The van der Waals surface area contributed by atoms with E-state index in [4.69, 9.17) is 0 Å². The molecule has 1 atom stereocenters. The van der Waals surface area contributed by atoms with E-state index in [9.17, 15) is 14.0 Å². The van der Waals surface area contributed by atoms with E-state index in [1.807, 2.05) is 0 Å². The van der Waals surface area contributed by atoms with E-state index in [0.29, 0.717) is 40.8 Å². The summed E-state index contributed by atoms with van der Waals surface area (Å²) >= 11 is 1.18. The Hall–Kier alpha value is -2.68. The van der Waals surface area contributed by atoms with Crippen LogP contribution >= 0.6 is 11.8 Å². The van der Waals surface area contributed by atoms with Gasteiger partial charge in [-0.1, -0.05) is 30.0 Å². The van der Waals surface area contributed by atoms with E-state index < -0.39 is 23.0 Å². The fraction of sp³-hybridized carbons (Fsp3) is 0.520. The van der Waals surface area contributed by atoms with Crippen LogP contribution in [-0.2, 0) is 11.3 Å². The van der Waals surface area contributed by atoms with Crippen LogP contribution in [0.25, 0.3) is 11.4 Å². The highest BCUT2D eigenvalue weighted by Crippen LogP contribution is 2.55. The van der Waals surface area contributed by atoms with Crippen molar-refractivity contribution >= 4 is 23.7 Å². The SMILES string of the molecule is C=CCn1c(SC(C)C(=O)NC(=O)NC23CC4CC(CC(C4)C2)C3)nnc1-c1ccccc1F. The predicted octanol–water partition coefficient (Wildman–Crippen LogP) is 4.55. The highest BCUT2D eigenvalue weighted by atomic mass is 32.2. The average molecular weight is 484 g/mol. The summed E-state index contributed by atoms with van der Waals surface area (Å²) < 4.78 is 16.0. The lowest BCUT2D eigenvalue weighted by molar-refractivity contribution is -0.119. The molecule has 1 heterocycles. The summed E-state index contributed by atoms with van der Waals surface area (Å²) in [5, 5.41) is 13.9. The van der Waals surface area contributed by atoms with Crippen molar-refractivity contribution in [3.8, 4) is 11.4 Å². The van der Waals surface area contributed by atoms with Gasteiger partial charge in [-0.25, -0.2) is 9.18 Å². The minimum Gasteiger partial charge on any atom is -0.332 e. The maximum Gasteiger partial charge on any atom is 0.321 e. The molecular formula is C25H30FN5O2S. The quantitative estimate of drug-likeness (QED) is 0.446. The van der Waals surface area contributed by atoms with Crippen molar-refractivity contribution in [2.24, 2.45) is 17.8 Å². The molecule has 4 aliphatic carbocycles. The zero-order valence-electron chi connectivity index (χ0n) is 19.3. The summed E-state index contributed by atoms with van der Waals surface area (Å²) in [4.78, 5) is 25.6. The van der Waals surface area contributed by atoms with Gasteiger partial charge in [0.2, 0.25) is 5.91 Å². The van der Waals surface area contributed by atoms with Crippen LogP contribution in [0.15, 0.2) is 42.1 Å². The second-order valence-corrected chi connectivity index (χ2v) is 11.4. The summed E-state index contributed by atoms with van der Waals surface area (Å²) in [5.41, 5.74) is 0.171. The number of benzene rings is 1. The van der Waals surface area contributed by atoms with Crippen molar-refractivity contribution in [1.29, 1.82) is 0 Å². The number of imide groups is 1. The number of allylic oxidation sites excluding steroid dienone is 1. The molecule has 4 bridgehead atoms. The van der Waals surface area contributed by atoms with E-state index in [1.165, 1.54) is 37.1 Å². The molecule has 6 rings (SSSR count). The standard InChI is InChI=1S/C25H30FN5O2S/c1-3-8-31-21(19-6-4-5-7-20(19)26)29-30-24(31)34-15(2)22(32)27-23(33)28-25-12-16-9-17(13-25)11-18(10-16)14-25/h3-7,15-18H,1,8-14H2,2H3,(H2,27,28,32,33). The average Bonchev–Trinajstić information content (AvgIpc) is 3.14. The van der Waals surface area contributed by atoms with Gasteiger partial charge in [-0.3, -0.25) is 14.7 Å². The lowest BCUT2D eigenvalue weighted by Gasteiger charge is -2.56. The second kappa shape index (κ2) is 9.17. The number of carbonyl (C=O) groups excluding carboxylic acids is 2. The Labute approximate surface area is 203 Å². The number of hydrogen-bond donors (Lipinski definition) is 2. The highest BCUT2D eigenvalue weighted by Gasteiger charge is 2.51. The van der Waals surface area contributed by atoms with Crippen LogP contribution in [0.1, 0.15) is 45.4 Å². The third-order valence-electron chi connectivity index (χ3n) is 7.45. The van der Waals surface area contributed by atoms with Gasteiger partial charge in [-0.2, -0.15) is 0 Å². The molecule has 7 nitrogen and oxygen atoms in total. The van der Waals surface area contributed by atoms with Crippen molar-refractivity contribution < 1.29 is 14.0 Å². The Balaban J connectivity index is 1.23. The third kappa shape index (κ3) is 4.50. The first-order valence-electron chi connectivity index (χ1n) is 11.9. The second-order valence-electron chi connectivity index (χ2n) is 10.1. The van der Waals surface area contributed by atoms with Gasteiger partial charge in [-0.05, 0) is 75.3 Å². The number of thioether (sulfide) groups is 1. The molecule has 1 aromatic heterocycles. The van der Waals surface area contributed by atoms with Gasteiger partial charge in [0.25, 0.3) is 0 Å². The molecule has 0 spiro atoms. The van der Waals surface area contributed by atoms with Crippen molar-refractivity contribution in [1.82, 2.24) is 25.4 Å². The molecule has 180 valence electrons. The molecule has 9 heteroatoms.